The van der Waals surface area contributed by atoms with Gasteiger partial charge in [0.2, 0.25) is 5.91 Å². The number of para-hydroxylation sites is 2. The first-order valence-electron chi connectivity index (χ1n) is 13.8. The molecule has 8 nitrogen and oxygen atoms in total. The first-order valence-corrected chi connectivity index (χ1v) is 13.8. The van der Waals surface area contributed by atoms with Crippen LogP contribution in [0.5, 0.6) is 0 Å². The molecule has 2 atom stereocenters. The Hall–Kier alpha value is -2.45. The number of aryl methyl sites for hydroxylation is 1. The van der Waals surface area contributed by atoms with E-state index in [1.54, 1.807) is 0 Å². The summed E-state index contributed by atoms with van der Waals surface area (Å²) in [6.45, 7) is 9.62. The van der Waals surface area contributed by atoms with Gasteiger partial charge in [0.1, 0.15) is 0 Å². The Bertz CT molecular complexity index is 1060. The minimum atomic E-state index is -0.123. The molecule has 37 heavy (non-hydrogen) atoms. The van der Waals surface area contributed by atoms with Crippen molar-refractivity contribution in [3.63, 3.8) is 0 Å². The summed E-state index contributed by atoms with van der Waals surface area (Å²) in [7, 11) is 0. The smallest absolute Gasteiger partial charge is 0.290 e. The topological polar surface area (TPSA) is 79.7 Å². The number of nitrogens with zero attached hydrogens (tertiary/aromatic N) is 4. The highest BCUT2D eigenvalue weighted by Crippen LogP contribution is 2.34. The van der Waals surface area contributed by atoms with Crippen molar-refractivity contribution in [3.05, 3.63) is 30.1 Å². The number of nitrogens with one attached hydrogen (secondary N) is 1. The van der Waals surface area contributed by atoms with Gasteiger partial charge in [-0.1, -0.05) is 46.2 Å². The lowest BCUT2D eigenvalue weighted by Crippen LogP contribution is -2.56. The molecule has 3 fully saturated rings. The second-order valence-corrected chi connectivity index (χ2v) is 11.2. The molecular formula is C29H45N5O3. The molecule has 3 aliphatic rings. The Kier molecular flexibility index (Phi) is 9.24. The average molecular weight is 512 g/mol. The van der Waals surface area contributed by atoms with Crippen molar-refractivity contribution < 1.29 is 14.3 Å². The van der Waals surface area contributed by atoms with Crippen molar-refractivity contribution in [3.8, 4) is 0 Å². The molecule has 1 aromatic carbocycles. The summed E-state index contributed by atoms with van der Waals surface area (Å²) >= 11 is 0. The van der Waals surface area contributed by atoms with E-state index in [0.29, 0.717) is 64.1 Å². The van der Waals surface area contributed by atoms with Crippen LogP contribution in [0.4, 0.5) is 0 Å². The van der Waals surface area contributed by atoms with E-state index in [2.05, 4.69) is 29.8 Å². The van der Waals surface area contributed by atoms with Gasteiger partial charge in [-0.25, -0.2) is 4.98 Å². The van der Waals surface area contributed by atoms with Gasteiger partial charge < -0.3 is 24.4 Å². The summed E-state index contributed by atoms with van der Waals surface area (Å²) in [6, 6.07) is 8.03. The summed E-state index contributed by atoms with van der Waals surface area (Å²) in [6.07, 6.45) is 5.66. The number of amides is 2. The van der Waals surface area contributed by atoms with Gasteiger partial charge in [0.15, 0.2) is 5.82 Å². The second kappa shape index (κ2) is 12.4. The van der Waals surface area contributed by atoms with Crippen LogP contribution in [0.2, 0.25) is 0 Å². The lowest BCUT2D eigenvalue weighted by Gasteiger charge is -2.40. The Balaban J connectivity index is 0.00000320. The standard InChI is InChI=1S/C28H41N5O3.CH4/c1-20(2)19-33(23-16-22(17-29-18-23)27(34)31-12-14-36-15-13-31)28(35)26-30-24-7-3-4-8-25(24)32(26)11-5-6-21-9-10-21;/h3-4,7-8,20-23,29H,5-6,9-19H2,1-2H3;1H4/t22-,23+;/m1./s1. The van der Waals surface area contributed by atoms with Crippen molar-refractivity contribution in [2.45, 2.75) is 66.0 Å². The van der Waals surface area contributed by atoms with E-state index in [0.717, 1.165) is 29.9 Å². The number of fused-ring (bicyclic) bond motifs is 1. The molecule has 1 aliphatic carbocycles. The minimum Gasteiger partial charge on any atom is -0.378 e. The number of morpholine rings is 1. The first-order chi connectivity index (χ1) is 17.5. The van der Waals surface area contributed by atoms with E-state index in [-0.39, 0.29) is 31.2 Å². The van der Waals surface area contributed by atoms with Crippen molar-refractivity contribution in [2.24, 2.45) is 17.8 Å². The van der Waals surface area contributed by atoms with E-state index in [1.165, 1.54) is 19.3 Å². The highest BCUT2D eigenvalue weighted by atomic mass is 16.5. The fourth-order valence-electron chi connectivity index (χ4n) is 5.72. The molecule has 204 valence electrons. The molecular weight excluding hydrogens is 466 g/mol. The molecule has 8 heteroatoms. The first kappa shape index (κ1) is 27.6. The van der Waals surface area contributed by atoms with Crippen LogP contribution in [0, 0.1) is 17.8 Å². The van der Waals surface area contributed by atoms with Gasteiger partial charge in [0.05, 0.1) is 30.2 Å². The summed E-state index contributed by atoms with van der Waals surface area (Å²) in [5.41, 5.74) is 1.90. The lowest BCUT2D eigenvalue weighted by molar-refractivity contribution is -0.140. The second-order valence-electron chi connectivity index (χ2n) is 11.2. The fraction of sp³-hybridized carbons (Fsp3) is 0.690. The molecule has 0 spiro atoms. The van der Waals surface area contributed by atoms with Crippen molar-refractivity contribution >= 4 is 22.8 Å². The summed E-state index contributed by atoms with van der Waals surface area (Å²) in [4.78, 5) is 36.2. The SMILES string of the molecule is C.CC(C)CN(C(=O)c1nc2ccccc2n1CCCC1CC1)[C@@H]1CNC[C@H](C(=O)N2CCOCC2)C1. The molecule has 5 rings (SSSR count). The van der Waals surface area contributed by atoms with Crippen LogP contribution in [0.15, 0.2) is 24.3 Å². The number of ether oxygens (including phenoxy) is 1. The van der Waals surface area contributed by atoms with Crippen LogP contribution in [-0.4, -0.2) is 83.1 Å². The van der Waals surface area contributed by atoms with Crippen LogP contribution in [-0.2, 0) is 16.1 Å². The van der Waals surface area contributed by atoms with Crippen LogP contribution in [0.25, 0.3) is 11.0 Å². The number of hydrogen-bond acceptors (Lipinski definition) is 5. The number of piperidine rings is 1. The Morgan fingerprint density at radius 3 is 2.65 bits per heavy atom. The highest BCUT2D eigenvalue weighted by Gasteiger charge is 2.36. The summed E-state index contributed by atoms with van der Waals surface area (Å²) < 4.78 is 7.57. The van der Waals surface area contributed by atoms with Gasteiger partial charge >= 0.3 is 0 Å². The number of carbonyl (C=O) groups is 2. The number of benzene rings is 1. The Morgan fingerprint density at radius 2 is 1.92 bits per heavy atom. The van der Waals surface area contributed by atoms with E-state index in [9.17, 15) is 9.59 Å². The maximum absolute atomic E-state index is 14.2. The van der Waals surface area contributed by atoms with Crippen molar-refractivity contribution in [1.82, 2.24) is 24.7 Å². The highest BCUT2D eigenvalue weighted by molar-refractivity contribution is 5.95. The molecule has 0 radical (unpaired) electrons. The van der Waals surface area contributed by atoms with E-state index < -0.39 is 0 Å². The van der Waals surface area contributed by atoms with Gasteiger partial charge in [-0.15, -0.1) is 0 Å². The third-order valence-corrected chi connectivity index (χ3v) is 7.80. The molecule has 3 heterocycles. The largest absolute Gasteiger partial charge is 0.378 e. The van der Waals surface area contributed by atoms with Crippen LogP contribution < -0.4 is 5.32 Å². The van der Waals surface area contributed by atoms with Gasteiger partial charge in [-0.3, -0.25) is 9.59 Å². The molecule has 0 bridgehead atoms. The molecule has 2 aromatic rings. The van der Waals surface area contributed by atoms with Crippen molar-refractivity contribution in [1.29, 1.82) is 0 Å². The zero-order valence-electron chi connectivity index (χ0n) is 21.8. The molecule has 1 saturated carbocycles. The maximum atomic E-state index is 14.2. The monoisotopic (exact) mass is 511 g/mol. The summed E-state index contributed by atoms with van der Waals surface area (Å²) in [5, 5.41) is 3.46. The van der Waals surface area contributed by atoms with Crippen LogP contribution in [0.1, 0.15) is 64.0 Å². The third kappa shape index (κ3) is 6.52. The van der Waals surface area contributed by atoms with E-state index >= 15 is 0 Å². The number of carbonyl (C=O) groups excluding carboxylic acids is 2. The maximum Gasteiger partial charge on any atom is 0.290 e. The molecule has 2 saturated heterocycles. The van der Waals surface area contributed by atoms with E-state index in [4.69, 9.17) is 9.72 Å². The summed E-state index contributed by atoms with van der Waals surface area (Å²) in [5.74, 6) is 1.76. The van der Waals surface area contributed by atoms with E-state index in [1.807, 2.05) is 28.0 Å². The van der Waals surface area contributed by atoms with Gasteiger partial charge in [-0.2, -0.15) is 0 Å². The van der Waals surface area contributed by atoms with Gasteiger partial charge in [-0.05, 0) is 43.2 Å². The predicted molar refractivity (Wildman–Crippen MR) is 146 cm³/mol. The number of hydrogen-bond donors (Lipinski definition) is 1. The normalized spacial score (nSPS) is 22.2. The van der Waals surface area contributed by atoms with Crippen molar-refractivity contribution in [2.75, 3.05) is 45.9 Å². The molecule has 1 N–H and O–H groups in total. The Morgan fingerprint density at radius 1 is 1.16 bits per heavy atom. The zero-order chi connectivity index (χ0) is 25.1. The molecule has 2 aliphatic heterocycles. The predicted octanol–water partition coefficient (Wildman–Crippen LogP) is 3.80. The van der Waals surface area contributed by atoms with Crippen LogP contribution in [0.3, 0.4) is 0 Å². The molecule has 1 aromatic heterocycles. The number of aromatic nitrogens is 2. The zero-order valence-corrected chi connectivity index (χ0v) is 21.8. The fourth-order valence-corrected chi connectivity index (χ4v) is 5.72. The quantitative estimate of drug-likeness (QED) is 0.554. The molecule has 0 unspecified atom stereocenters. The lowest BCUT2D eigenvalue weighted by atomic mass is 9.92. The average Bonchev–Trinajstić information content (AvgIpc) is 3.66. The number of imidazole rings is 1. The van der Waals surface area contributed by atoms with Crippen LogP contribution >= 0.6 is 0 Å². The third-order valence-electron chi connectivity index (χ3n) is 7.80. The van der Waals surface area contributed by atoms with Gasteiger partial charge in [0, 0.05) is 45.3 Å². The van der Waals surface area contributed by atoms with Gasteiger partial charge in [0.25, 0.3) is 5.91 Å². The minimum absolute atomic E-state index is 0. The Labute approximate surface area is 221 Å². The molecule has 2 amide bonds. The number of rotatable bonds is 9.